The van der Waals surface area contributed by atoms with Crippen molar-refractivity contribution in [2.24, 2.45) is 5.92 Å². The van der Waals surface area contributed by atoms with Crippen LogP contribution in [0.3, 0.4) is 0 Å². The molecule has 4 nitrogen and oxygen atoms in total. The molecule has 2 aliphatic rings. The molecule has 0 radical (unpaired) electrons. The fourth-order valence-electron chi connectivity index (χ4n) is 2.51. The van der Waals surface area contributed by atoms with Crippen LogP contribution in [0.25, 0.3) is 0 Å². The van der Waals surface area contributed by atoms with E-state index in [1.165, 1.54) is 11.0 Å². The Labute approximate surface area is 128 Å². The molecule has 1 N–H and O–H groups in total. The van der Waals surface area contributed by atoms with Gasteiger partial charge in [0.15, 0.2) is 0 Å². The van der Waals surface area contributed by atoms with Gasteiger partial charge in [-0.2, -0.15) is 0 Å². The number of amides is 2. The molecule has 112 valence electrons. The highest BCUT2D eigenvalue weighted by molar-refractivity contribution is 9.10. The van der Waals surface area contributed by atoms with Gasteiger partial charge >= 0.3 is 0 Å². The third-order valence-electron chi connectivity index (χ3n) is 3.78. The van der Waals surface area contributed by atoms with Crippen molar-refractivity contribution in [1.82, 2.24) is 5.32 Å². The average molecular weight is 359 g/mol. The van der Waals surface area contributed by atoms with E-state index in [0.717, 1.165) is 18.9 Å². The minimum atomic E-state index is -0.812. The second-order valence-electron chi connectivity index (χ2n) is 5.34. The van der Waals surface area contributed by atoms with Gasteiger partial charge in [-0.1, -0.05) is 0 Å². The third kappa shape index (κ3) is 2.79. The lowest BCUT2D eigenvalue weighted by molar-refractivity contribution is -0.126. The highest BCUT2D eigenvalue weighted by Gasteiger charge is 2.41. The molecule has 0 spiro atoms. The van der Waals surface area contributed by atoms with Crippen LogP contribution in [0.5, 0.6) is 0 Å². The van der Waals surface area contributed by atoms with Gasteiger partial charge in [-0.05, 0) is 40.8 Å². The number of carbonyl (C=O) groups excluding carboxylic acids is 2. The molecule has 3 rings (SSSR count). The molecule has 0 bridgehead atoms. The number of hydrogen-bond donors (Lipinski definition) is 1. The zero-order valence-corrected chi connectivity index (χ0v) is 12.6. The summed E-state index contributed by atoms with van der Waals surface area (Å²) in [4.78, 5) is 25.5. The highest BCUT2D eigenvalue weighted by atomic mass is 79.9. The number of anilines is 1. The summed E-state index contributed by atoms with van der Waals surface area (Å²) >= 11 is 2.99. The van der Waals surface area contributed by atoms with Gasteiger partial charge in [-0.25, -0.2) is 8.78 Å². The van der Waals surface area contributed by atoms with Crippen LogP contribution in [-0.4, -0.2) is 24.4 Å². The van der Waals surface area contributed by atoms with Gasteiger partial charge in [0.2, 0.25) is 11.8 Å². The van der Waals surface area contributed by atoms with Crippen LogP contribution in [0.4, 0.5) is 14.5 Å². The molecule has 1 saturated carbocycles. The molecule has 1 aromatic rings. The number of nitrogens with one attached hydrogen (secondary N) is 1. The maximum atomic E-state index is 14.0. The lowest BCUT2D eigenvalue weighted by atomic mass is 10.1. The Hall–Kier alpha value is -1.50. The zero-order chi connectivity index (χ0) is 15.1. The first-order valence-electron chi connectivity index (χ1n) is 6.72. The van der Waals surface area contributed by atoms with Crippen molar-refractivity contribution in [3.63, 3.8) is 0 Å². The van der Waals surface area contributed by atoms with Gasteiger partial charge in [-0.3, -0.25) is 9.59 Å². The Kier molecular flexibility index (Phi) is 3.69. The van der Waals surface area contributed by atoms with Gasteiger partial charge in [0.25, 0.3) is 0 Å². The van der Waals surface area contributed by atoms with E-state index in [2.05, 4.69) is 21.2 Å². The molecule has 1 saturated heterocycles. The van der Waals surface area contributed by atoms with Crippen LogP contribution in [-0.2, 0) is 9.59 Å². The van der Waals surface area contributed by atoms with E-state index in [1.807, 2.05) is 0 Å². The molecule has 7 heteroatoms. The van der Waals surface area contributed by atoms with E-state index in [0.29, 0.717) is 0 Å². The van der Waals surface area contributed by atoms with Crippen LogP contribution in [0.15, 0.2) is 16.6 Å². The molecule has 2 amide bonds. The second kappa shape index (κ2) is 5.36. The molecule has 1 aromatic carbocycles. The molecule has 0 aromatic heterocycles. The van der Waals surface area contributed by atoms with E-state index in [4.69, 9.17) is 0 Å². The number of carbonyl (C=O) groups is 2. The molecule has 1 heterocycles. The normalized spacial score (nSPS) is 23.0. The lowest BCUT2D eigenvalue weighted by Crippen LogP contribution is -2.46. The molecule has 1 aliphatic carbocycles. The standard InChI is InChI=1S/C14H13BrF2N2O2/c15-8-5-11(10(17)6-9(8)16)19-4-3-12(20)18-13(14(19)21)7-1-2-7/h5-7,13H,1-4H2,(H,18,20). The fraction of sp³-hybridized carbons (Fsp3) is 0.429. The topological polar surface area (TPSA) is 49.4 Å². The Morgan fingerprint density at radius 1 is 1.19 bits per heavy atom. The van der Waals surface area contributed by atoms with E-state index in [1.54, 1.807) is 0 Å². The highest BCUT2D eigenvalue weighted by Crippen LogP contribution is 2.36. The van der Waals surface area contributed by atoms with Crippen LogP contribution < -0.4 is 10.2 Å². The summed E-state index contributed by atoms with van der Waals surface area (Å²) in [5, 5.41) is 2.70. The summed E-state index contributed by atoms with van der Waals surface area (Å²) in [5.41, 5.74) is -0.00424. The first-order valence-corrected chi connectivity index (χ1v) is 7.52. The Balaban J connectivity index is 1.97. The first kappa shape index (κ1) is 14.4. The van der Waals surface area contributed by atoms with E-state index in [9.17, 15) is 18.4 Å². The minimum Gasteiger partial charge on any atom is -0.344 e. The van der Waals surface area contributed by atoms with Gasteiger partial charge < -0.3 is 10.2 Å². The molecule has 1 unspecified atom stereocenters. The maximum absolute atomic E-state index is 14.0. The van der Waals surface area contributed by atoms with E-state index >= 15 is 0 Å². The average Bonchev–Trinajstić information content (AvgIpc) is 3.25. The summed E-state index contributed by atoms with van der Waals surface area (Å²) in [6.07, 6.45) is 1.85. The molecular weight excluding hydrogens is 346 g/mol. The Morgan fingerprint density at radius 2 is 1.90 bits per heavy atom. The SMILES string of the molecule is O=C1CCN(c2cc(Br)c(F)cc2F)C(=O)C(C2CC2)N1. The third-order valence-corrected chi connectivity index (χ3v) is 4.39. The number of rotatable bonds is 2. The number of halogens is 3. The first-order chi connectivity index (χ1) is 9.97. The van der Waals surface area contributed by atoms with Gasteiger partial charge in [0.1, 0.15) is 17.7 Å². The predicted molar refractivity (Wildman–Crippen MR) is 75.7 cm³/mol. The summed E-state index contributed by atoms with van der Waals surface area (Å²) in [7, 11) is 0. The molecular formula is C14H13BrF2N2O2. The van der Waals surface area contributed by atoms with Crippen molar-refractivity contribution >= 4 is 33.4 Å². The lowest BCUT2D eigenvalue weighted by Gasteiger charge is -2.24. The predicted octanol–water partition coefficient (Wildman–Crippen LogP) is 2.36. The van der Waals surface area contributed by atoms with Crippen molar-refractivity contribution in [2.45, 2.75) is 25.3 Å². The van der Waals surface area contributed by atoms with Crippen molar-refractivity contribution in [2.75, 3.05) is 11.4 Å². The summed E-state index contributed by atoms with van der Waals surface area (Å²) < 4.78 is 27.4. The second-order valence-corrected chi connectivity index (χ2v) is 6.19. The number of nitrogens with zero attached hydrogens (tertiary/aromatic N) is 1. The van der Waals surface area contributed by atoms with Crippen molar-refractivity contribution in [3.8, 4) is 0 Å². The quantitative estimate of drug-likeness (QED) is 0.825. The monoisotopic (exact) mass is 358 g/mol. The van der Waals surface area contributed by atoms with Gasteiger partial charge in [-0.15, -0.1) is 0 Å². The smallest absolute Gasteiger partial charge is 0.249 e. The minimum absolute atomic E-state index is 0.00424. The van der Waals surface area contributed by atoms with Crippen LogP contribution in [0.2, 0.25) is 0 Å². The van der Waals surface area contributed by atoms with Gasteiger partial charge in [0.05, 0.1) is 10.2 Å². The Bertz CT molecular complexity index is 619. The summed E-state index contributed by atoms with van der Waals surface area (Å²) in [5.74, 6) is -1.97. The maximum Gasteiger partial charge on any atom is 0.249 e. The van der Waals surface area contributed by atoms with Crippen LogP contribution in [0.1, 0.15) is 19.3 Å². The summed E-state index contributed by atoms with van der Waals surface area (Å²) in [6.45, 7) is 0.0862. The van der Waals surface area contributed by atoms with Crippen molar-refractivity contribution in [1.29, 1.82) is 0 Å². The zero-order valence-electron chi connectivity index (χ0n) is 11.0. The number of hydrogen-bond acceptors (Lipinski definition) is 2. The molecule has 1 aliphatic heterocycles. The van der Waals surface area contributed by atoms with Crippen LogP contribution >= 0.6 is 15.9 Å². The van der Waals surface area contributed by atoms with Crippen molar-refractivity contribution in [3.05, 3.63) is 28.2 Å². The molecule has 2 fully saturated rings. The molecule has 1 atom stereocenters. The Morgan fingerprint density at radius 3 is 2.57 bits per heavy atom. The van der Waals surface area contributed by atoms with Crippen molar-refractivity contribution < 1.29 is 18.4 Å². The van der Waals surface area contributed by atoms with E-state index < -0.39 is 17.7 Å². The van der Waals surface area contributed by atoms with Crippen LogP contribution in [0, 0.1) is 17.6 Å². The summed E-state index contributed by atoms with van der Waals surface area (Å²) in [6, 6.07) is 1.37. The fourth-order valence-corrected chi connectivity index (χ4v) is 2.84. The van der Waals surface area contributed by atoms with Gasteiger partial charge in [0, 0.05) is 19.0 Å². The number of benzene rings is 1. The van der Waals surface area contributed by atoms with E-state index in [-0.39, 0.29) is 40.9 Å². The molecule has 21 heavy (non-hydrogen) atoms. The largest absolute Gasteiger partial charge is 0.344 e.